The van der Waals surface area contributed by atoms with Crippen LogP contribution in [0.1, 0.15) is 25.8 Å². The molecule has 0 atom stereocenters. The maximum Gasteiger partial charge on any atom is 0.277 e. The second-order valence-electron chi connectivity index (χ2n) is 5.13. The summed E-state index contributed by atoms with van der Waals surface area (Å²) < 4.78 is 0. The number of amides is 1. The summed E-state index contributed by atoms with van der Waals surface area (Å²) in [6.45, 7) is 4.66. The molecule has 0 N–H and O–H groups in total. The van der Waals surface area contributed by atoms with Crippen molar-refractivity contribution in [3.05, 3.63) is 35.5 Å². The van der Waals surface area contributed by atoms with E-state index in [-0.39, 0.29) is 5.91 Å². The molecule has 1 aromatic rings. The van der Waals surface area contributed by atoms with Gasteiger partial charge in [0.25, 0.3) is 5.91 Å². The first-order chi connectivity index (χ1) is 9.52. The standard InChI is InChI=1S/C16H21N3O/c1-5-10-19-12(2)17-15(16(19)20)11-13-6-8-14(9-7-13)18(3)4/h6-9,11H,5,10H2,1-4H3/b15-11+. The van der Waals surface area contributed by atoms with E-state index in [1.54, 1.807) is 4.90 Å². The highest BCUT2D eigenvalue weighted by Crippen LogP contribution is 2.20. The van der Waals surface area contributed by atoms with Crippen LogP contribution in [0, 0.1) is 0 Å². The molecule has 0 unspecified atom stereocenters. The van der Waals surface area contributed by atoms with Crippen molar-refractivity contribution in [2.24, 2.45) is 4.99 Å². The van der Waals surface area contributed by atoms with E-state index in [4.69, 9.17) is 0 Å². The Balaban J connectivity index is 2.21. The lowest BCUT2D eigenvalue weighted by Gasteiger charge is -2.14. The molecular formula is C16H21N3O. The van der Waals surface area contributed by atoms with Crippen LogP contribution < -0.4 is 4.90 Å². The predicted octanol–water partition coefficient (Wildman–Crippen LogP) is 2.76. The average Bonchev–Trinajstić information content (AvgIpc) is 2.67. The Labute approximate surface area is 120 Å². The van der Waals surface area contributed by atoms with Gasteiger partial charge in [0.2, 0.25) is 0 Å². The van der Waals surface area contributed by atoms with Gasteiger partial charge in [0.15, 0.2) is 0 Å². The van der Waals surface area contributed by atoms with E-state index in [1.807, 2.05) is 56.3 Å². The number of hydrogen-bond acceptors (Lipinski definition) is 3. The van der Waals surface area contributed by atoms with Crippen molar-refractivity contribution in [1.82, 2.24) is 4.90 Å². The Bertz CT molecular complexity index is 556. The minimum Gasteiger partial charge on any atom is -0.378 e. The zero-order valence-corrected chi connectivity index (χ0v) is 12.6. The lowest BCUT2D eigenvalue weighted by molar-refractivity contribution is -0.122. The summed E-state index contributed by atoms with van der Waals surface area (Å²) >= 11 is 0. The van der Waals surface area contributed by atoms with Crippen molar-refractivity contribution in [1.29, 1.82) is 0 Å². The van der Waals surface area contributed by atoms with E-state index < -0.39 is 0 Å². The quantitative estimate of drug-likeness (QED) is 0.789. The predicted molar refractivity (Wildman–Crippen MR) is 83.9 cm³/mol. The number of amidine groups is 1. The van der Waals surface area contributed by atoms with E-state index in [9.17, 15) is 4.79 Å². The Morgan fingerprint density at radius 3 is 2.45 bits per heavy atom. The third-order valence-electron chi connectivity index (χ3n) is 3.30. The average molecular weight is 271 g/mol. The van der Waals surface area contributed by atoms with Crippen molar-refractivity contribution < 1.29 is 4.79 Å². The molecule has 4 heteroatoms. The second kappa shape index (κ2) is 5.90. The van der Waals surface area contributed by atoms with E-state index in [1.165, 1.54) is 0 Å². The summed E-state index contributed by atoms with van der Waals surface area (Å²) in [5, 5.41) is 0. The molecular weight excluding hydrogens is 250 g/mol. The summed E-state index contributed by atoms with van der Waals surface area (Å²) in [7, 11) is 4.01. The van der Waals surface area contributed by atoms with E-state index >= 15 is 0 Å². The molecule has 1 amide bonds. The molecule has 0 aromatic heterocycles. The van der Waals surface area contributed by atoms with E-state index in [0.29, 0.717) is 5.70 Å². The first kappa shape index (κ1) is 14.3. The Morgan fingerprint density at radius 1 is 1.25 bits per heavy atom. The number of aliphatic imine (C=N–C) groups is 1. The highest BCUT2D eigenvalue weighted by molar-refractivity contribution is 6.13. The Hall–Kier alpha value is -2.10. The summed E-state index contributed by atoms with van der Waals surface area (Å²) in [5.74, 6) is 0.786. The smallest absolute Gasteiger partial charge is 0.277 e. The number of anilines is 1. The maximum absolute atomic E-state index is 12.2. The number of hydrogen-bond donors (Lipinski definition) is 0. The van der Waals surface area contributed by atoms with Crippen LogP contribution in [0.2, 0.25) is 0 Å². The van der Waals surface area contributed by atoms with Crippen LogP contribution in [0.4, 0.5) is 5.69 Å². The topological polar surface area (TPSA) is 35.9 Å². The van der Waals surface area contributed by atoms with Crippen LogP contribution in [0.15, 0.2) is 35.0 Å². The Morgan fingerprint density at radius 2 is 1.90 bits per heavy atom. The van der Waals surface area contributed by atoms with Crippen LogP contribution in [0.25, 0.3) is 6.08 Å². The molecule has 0 radical (unpaired) electrons. The number of nitrogens with zero attached hydrogens (tertiary/aromatic N) is 3. The van der Waals surface area contributed by atoms with Crippen LogP contribution in [0.5, 0.6) is 0 Å². The van der Waals surface area contributed by atoms with Gasteiger partial charge < -0.3 is 4.90 Å². The molecule has 0 bridgehead atoms. The summed E-state index contributed by atoms with van der Waals surface area (Å²) in [4.78, 5) is 20.4. The van der Waals surface area contributed by atoms with Gasteiger partial charge in [-0.15, -0.1) is 0 Å². The molecule has 1 aromatic carbocycles. The number of carbonyl (C=O) groups is 1. The van der Waals surface area contributed by atoms with Crippen molar-refractivity contribution in [2.45, 2.75) is 20.3 Å². The summed E-state index contributed by atoms with van der Waals surface area (Å²) in [5.41, 5.74) is 2.65. The fourth-order valence-corrected chi connectivity index (χ4v) is 2.18. The van der Waals surface area contributed by atoms with Gasteiger partial charge in [-0.1, -0.05) is 19.1 Å². The number of rotatable bonds is 4. The molecule has 1 aliphatic heterocycles. The van der Waals surface area contributed by atoms with Gasteiger partial charge in [0.1, 0.15) is 11.5 Å². The molecule has 0 saturated heterocycles. The van der Waals surface area contributed by atoms with Gasteiger partial charge >= 0.3 is 0 Å². The third-order valence-corrected chi connectivity index (χ3v) is 3.30. The maximum atomic E-state index is 12.2. The van der Waals surface area contributed by atoms with Crippen molar-refractivity contribution in [3.8, 4) is 0 Å². The van der Waals surface area contributed by atoms with Gasteiger partial charge in [0.05, 0.1) is 0 Å². The highest BCUT2D eigenvalue weighted by atomic mass is 16.2. The van der Waals surface area contributed by atoms with Crippen LogP contribution >= 0.6 is 0 Å². The third kappa shape index (κ3) is 2.90. The second-order valence-corrected chi connectivity index (χ2v) is 5.13. The summed E-state index contributed by atoms with van der Waals surface area (Å²) in [6.07, 6.45) is 2.78. The number of carbonyl (C=O) groups excluding carboxylic acids is 1. The first-order valence-electron chi connectivity index (χ1n) is 6.89. The van der Waals surface area contributed by atoms with Gasteiger partial charge in [-0.3, -0.25) is 9.69 Å². The summed E-state index contributed by atoms with van der Waals surface area (Å²) in [6, 6.07) is 8.07. The molecule has 4 nitrogen and oxygen atoms in total. The van der Waals surface area contributed by atoms with Crippen molar-refractivity contribution in [2.75, 3.05) is 25.5 Å². The van der Waals surface area contributed by atoms with E-state index in [0.717, 1.165) is 30.1 Å². The van der Waals surface area contributed by atoms with Crippen LogP contribution in [-0.2, 0) is 4.79 Å². The molecule has 2 rings (SSSR count). The molecule has 0 saturated carbocycles. The largest absolute Gasteiger partial charge is 0.378 e. The zero-order chi connectivity index (χ0) is 14.7. The van der Waals surface area contributed by atoms with Gasteiger partial charge in [-0.2, -0.15) is 0 Å². The lowest BCUT2D eigenvalue weighted by Crippen LogP contribution is -2.31. The van der Waals surface area contributed by atoms with Gasteiger partial charge in [-0.05, 0) is 37.1 Å². The van der Waals surface area contributed by atoms with Crippen molar-refractivity contribution >= 4 is 23.5 Å². The highest BCUT2D eigenvalue weighted by Gasteiger charge is 2.26. The SMILES string of the molecule is CCCN1C(=O)/C(=C\c2ccc(N(C)C)cc2)N=C1C. The first-order valence-corrected chi connectivity index (χ1v) is 6.89. The number of benzene rings is 1. The van der Waals surface area contributed by atoms with Crippen LogP contribution in [-0.4, -0.2) is 37.3 Å². The molecule has 20 heavy (non-hydrogen) atoms. The normalized spacial score (nSPS) is 16.8. The molecule has 0 spiro atoms. The van der Waals surface area contributed by atoms with Gasteiger partial charge in [0, 0.05) is 26.3 Å². The Kier molecular flexibility index (Phi) is 4.23. The van der Waals surface area contributed by atoms with Crippen molar-refractivity contribution in [3.63, 3.8) is 0 Å². The van der Waals surface area contributed by atoms with E-state index in [2.05, 4.69) is 11.9 Å². The molecule has 0 aliphatic carbocycles. The molecule has 1 aliphatic rings. The fraction of sp³-hybridized carbons (Fsp3) is 0.375. The van der Waals surface area contributed by atoms with Gasteiger partial charge in [-0.25, -0.2) is 4.99 Å². The monoisotopic (exact) mass is 271 g/mol. The fourth-order valence-electron chi connectivity index (χ4n) is 2.18. The molecule has 1 heterocycles. The molecule has 106 valence electrons. The minimum absolute atomic E-state index is 0.000959. The minimum atomic E-state index is 0.000959. The molecule has 0 fully saturated rings. The lowest BCUT2D eigenvalue weighted by atomic mass is 10.1. The van der Waals surface area contributed by atoms with Crippen LogP contribution in [0.3, 0.4) is 0 Å². The zero-order valence-electron chi connectivity index (χ0n) is 12.6.